The van der Waals surface area contributed by atoms with E-state index in [4.69, 9.17) is 22.1 Å². The van der Waals surface area contributed by atoms with Gasteiger partial charge in [0.1, 0.15) is 56.7 Å². The third-order valence-corrected chi connectivity index (χ3v) is 33.0. The number of benzene rings is 6. The molecule has 15 fully saturated rings. The molecule has 10 nitrogen and oxygen atoms in total. The fourth-order valence-corrected chi connectivity index (χ4v) is 28.8. The molecule has 11 aromatic rings. The van der Waals surface area contributed by atoms with Crippen molar-refractivity contribution in [2.24, 2.45) is 53.3 Å². The van der Waals surface area contributed by atoms with Crippen LogP contribution >= 0.6 is 0 Å². The van der Waals surface area contributed by atoms with E-state index in [9.17, 15) is 0 Å². The molecule has 15 aliphatic heterocycles. The highest BCUT2D eigenvalue weighted by Crippen LogP contribution is 2.58. The largest absolute Gasteiger partial charge is 0.460 e. The van der Waals surface area contributed by atoms with Crippen molar-refractivity contribution < 1.29 is 22.1 Å². The predicted octanol–water partition coefficient (Wildman–Crippen LogP) is 23.5. The van der Waals surface area contributed by atoms with Crippen LogP contribution in [0, 0.1) is 87.9 Å². The normalized spacial score (nSPS) is 34.6. The molecule has 602 valence electrons. The molecule has 20 aliphatic rings. The number of aryl methyl sites for hydroxylation is 5. The summed E-state index contributed by atoms with van der Waals surface area (Å²) in [4.78, 5) is 14.0. The zero-order chi connectivity index (χ0) is 77.2. The first-order valence-electron chi connectivity index (χ1n) is 46.6. The second-order valence-corrected chi connectivity index (χ2v) is 40.3. The lowest BCUT2D eigenvalue weighted by Gasteiger charge is -2.53. The molecule has 24 unspecified atom stereocenters. The zero-order valence-electron chi connectivity index (χ0n) is 70.4. The first-order chi connectivity index (χ1) is 56.3. The van der Waals surface area contributed by atoms with Crippen molar-refractivity contribution in [1.29, 1.82) is 0 Å². The Morgan fingerprint density at radius 3 is 0.957 bits per heavy atom. The molecule has 115 heavy (non-hydrogen) atoms. The molecular formula is C105H127N5O5. The molecular weight excluding hydrogens is 1410 g/mol. The Labute approximate surface area is 683 Å². The van der Waals surface area contributed by atoms with Gasteiger partial charge in [0.25, 0.3) is 0 Å². The minimum atomic E-state index is 0.580. The maximum absolute atomic E-state index is 6.54. The Morgan fingerprint density at radius 2 is 0.609 bits per heavy atom. The summed E-state index contributed by atoms with van der Waals surface area (Å²) >= 11 is 0. The lowest BCUT2D eigenvalue weighted by Crippen LogP contribution is -2.56. The Kier molecular flexibility index (Phi) is 19.3. The van der Waals surface area contributed by atoms with E-state index in [0.717, 1.165) is 112 Å². The maximum atomic E-state index is 6.54. The minimum absolute atomic E-state index is 0.580. The monoisotopic (exact) mass is 1540 g/mol. The van der Waals surface area contributed by atoms with Crippen molar-refractivity contribution in [2.75, 3.05) is 65.4 Å². The molecule has 10 heteroatoms. The van der Waals surface area contributed by atoms with E-state index < -0.39 is 0 Å². The number of piperidine rings is 10. The van der Waals surface area contributed by atoms with Crippen LogP contribution < -0.4 is 0 Å². The fourth-order valence-electron chi connectivity index (χ4n) is 28.8. The van der Waals surface area contributed by atoms with Crippen molar-refractivity contribution in [2.45, 2.75) is 256 Å². The fraction of sp³-hybridized carbons (Fsp3) is 0.562. The van der Waals surface area contributed by atoms with Gasteiger partial charge in [0, 0.05) is 180 Å². The SMILES string of the molecule is CCC1CC2CC3c4oc5ccc(C)cc5c4CCN(C2)C13.CCCC1CC2CC3c4oc5ccc(C)cc5c4CCN(C2)C13.CCCC1CC2CC3c4oc5ccc(C)cc5c4CCN(C2)C13.Cc1ccc2oc3c(c2c1)CCN1CC2CC(Cc4ccccc4)C1C3C2.Cc1ccc2oc3c(c2c1)CCN1CC2CCC1C3C2. The highest BCUT2D eigenvalue weighted by Gasteiger charge is 2.55. The van der Waals surface area contributed by atoms with Crippen LogP contribution in [0.25, 0.3) is 54.8 Å². The van der Waals surface area contributed by atoms with Gasteiger partial charge in [-0.05, 0) is 276 Å². The Morgan fingerprint density at radius 1 is 0.304 bits per heavy atom. The van der Waals surface area contributed by atoms with E-state index in [1.54, 1.807) is 0 Å². The van der Waals surface area contributed by atoms with Crippen LogP contribution in [0.1, 0.15) is 243 Å². The molecule has 31 rings (SSSR count). The van der Waals surface area contributed by atoms with E-state index >= 15 is 0 Å². The van der Waals surface area contributed by atoms with Gasteiger partial charge in [0.2, 0.25) is 0 Å². The summed E-state index contributed by atoms with van der Waals surface area (Å²) in [5.74, 6) is 17.7. The van der Waals surface area contributed by atoms with Gasteiger partial charge in [-0.15, -0.1) is 0 Å². The van der Waals surface area contributed by atoms with Gasteiger partial charge in [-0.25, -0.2) is 0 Å². The number of hydrogen-bond donors (Lipinski definition) is 0. The smallest absolute Gasteiger partial charge is 0.134 e. The third kappa shape index (κ3) is 13.1. The summed E-state index contributed by atoms with van der Waals surface area (Å²) in [5, 5.41) is 6.90. The first kappa shape index (κ1) is 74.1. The Bertz CT molecular complexity index is 5310. The van der Waals surface area contributed by atoms with Gasteiger partial charge in [-0.1, -0.05) is 129 Å². The number of nitrogens with zero attached hydrogens (tertiary/aromatic N) is 5. The van der Waals surface area contributed by atoms with Crippen molar-refractivity contribution in [3.63, 3.8) is 0 Å². The predicted molar refractivity (Wildman–Crippen MR) is 466 cm³/mol. The quantitative estimate of drug-likeness (QED) is 0.154. The van der Waals surface area contributed by atoms with E-state index in [1.807, 2.05) is 0 Å². The van der Waals surface area contributed by atoms with Gasteiger partial charge < -0.3 is 22.1 Å². The minimum Gasteiger partial charge on any atom is -0.460 e. The average molecular weight is 1540 g/mol. The van der Waals surface area contributed by atoms with E-state index in [-0.39, 0.29) is 0 Å². The van der Waals surface area contributed by atoms with Crippen molar-refractivity contribution in [3.8, 4) is 0 Å². The van der Waals surface area contributed by atoms with Crippen LogP contribution in [-0.2, 0) is 38.5 Å². The van der Waals surface area contributed by atoms with Gasteiger partial charge in [0.05, 0.1) is 0 Å². The summed E-state index contributed by atoms with van der Waals surface area (Å²) in [6.07, 6.45) is 29.1. The molecule has 0 radical (unpaired) electrons. The van der Waals surface area contributed by atoms with Gasteiger partial charge in [-0.2, -0.15) is 0 Å². The molecule has 10 saturated heterocycles. The van der Waals surface area contributed by atoms with Gasteiger partial charge >= 0.3 is 0 Å². The molecule has 5 aliphatic carbocycles. The van der Waals surface area contributed by atoms with Crippen LogP contribution in [0.2, 0.25) is 0 Å². The third-order valence-electron chi connectivity index (χ3n) is 33.0. The summed E-state index contributed by atoms with van der Waals surface area (Å²) in [5.41, 5.74) is 21.3. The highest BCUT2D eigenvalue weighted by atomic mass is 16.4. The Hall–Kier alpha value is -7.18. The molecule has 5 saturated carbocycles. The molecule has 6 aromatic carbocycles. The number of hydrogen-bond acceptors (Lipinski definition) is 10. The maximum Gasteiger partial charge on any atom is 0.134 e. The summed E-state index contributed by atoms with van der Waals surface area (Å²) in [7, 11) is 0. The van der Waals surface area contributed by atoms with Gasteiger partial charge in [-0.3, -0.25) is 24.5 Å². The second kappa shape index (κ2) is 30.0. The average Bonchev–Trinajstić information content (AvgIpc) is 1.59. The number of furan rings is 5. The molecule has 0 amide bonds. The van der Waals surface area contributed by atoms with E-state index in [0.29, 0.717) is 35.6 Å². The topological polar surface area (TPSA) is 81.9 Å². The standard InChI is InChI=1S/C25H27NO.2C21H27NO.C20H25NO.C18H21NO/c1-16-7-8-23-21(11-16)20-9-10-26-15-18-13-19(12-17-5-3-2-4-6-17)24(26)22(14-18)25(20)27-23;2*1-3-4-15-10-14-11-18-20(15)22(12-14)8-7-16-17-9-13(2)5-6-19(17)23-21(16)18;1-3-14-9-13-10-17-19(14)21(11-13)7-6-15-16-8-12(2)4-5-18(16)22-20(15)17;1-11-2-5-17-14(8-11)13-6-7-19-10-12-3-4-16(19)15(9-12)18(13)20-17/h2-8,11,18-19,22,24H,9-10,12-15H2,1H3;2*5-6,9,14-15,18,20H,3-4,7-8,10-12H2,1-2H3;4-5,8,13-14,17,19H,3,6-7,9-11H2,1-2H3;2,5,8,12,15-16H,3-4,6-7,9-10H2,1H3. The summed E-state index contributed by atoms with van der Waals surface area (Å²) < 4.78 is 32.2. The molecule has 20 heterocycles. The molecule has 20 bridgehead atoms. The van der Waals surface area contributed by atoms with Gasteiger partial charge in [0.15, 0.2) is 0 Å². The van der Waals surface area contributed by atoms with Crippen molar-refractivity contribution >= 4 is 54.8 Å². The lowest BCUT2D eigenvalue weighted by atomic mass is 9.65. The Balaban J connectivity index is 0.0000000877. The molecule has 5 aromatic heterocycles. The summed E-state index contributed by atoms with van der Waals surface area (Å²) in [6.45, 7) is 30.7. The van der Waals surface area contributed by atoms with E-state index in [1.165, 1.54) is 317 Å². The van der Waals surface area contributed by atoms with Crippen LogP contribution in [0.4, 0.5) is 0 Å². The van der Waals surface area contributed by atoms with Crippen LogP contribution in [0.15, 0.2) is 143 Å². The number of rotatable bonds is 7. The highest BCUT2D eigenvalue weighted by molar-refractivity contribution is 5.87. The van der Waals surface area contributed by atoms with Crippen molar-refractivity contribution in [3.05, 3.63) is 211 Å². The molecule has 0 N–H and O–H groups in total. The van der Waals surface area contributed by atoms with Crippen molar-refractivity contribution in [1.82, 2.24) is 24.5 Å². The van der Waals surface area contributed by atoms with Crippen LogP contribution in [0.5, 0.6) is 0 Å². The first-order valence-corrected chi connectivity index (χ1v) is 46.6. The second-order valence-electron chi connectivity index (χ2n) is 40.3. The molecule has 24 atom stereocenters. The lowest BCUT2D eigenvalue weighted by molar-refractivity contribution is -0.0188. The van der Waals surface area contributed by atoms with Crippen LogP contribution in [-0.4, -0.2) is 120 Å². The molecule has 0 spiro atoms. The zero-order valence-corrected chi connectivity index (χ0v) is 70.4. The summed E-state index contributed by atoms with van der Waals surface area (Å²) in [6, 6.07) is 48.2. The van der Waals surface area contributed by atoms with E-state index in [2.05, 4.69) is 201 Å². The number of fused-ring (bicyclic) bond motifs is 20. The van der Waals surface area contributed by atoms with Crippen LogP contribution in [0.3, 0.4) is 0 Å².